The number of nitrogens with one attached hydrogen (secondary N) is 1. The van der Waals surface area contributed by atoms with E-state index < -0.39 is 0 Å². The lowest BCUT2D eigenvalue weighted by Crippen LogP contribution is -2.51. The third kappa shape index (κ3) is 3.91. The Labute approximate surface area is 148 Å². The molecule has 0 radical (unpaired) electrons. The van der Waals surface area contributed by atoms with Gasteiger partial charge in [0.05, 0.1) is 0 Å². The van der Waals surface area contributed by atoms with Gasteiger partial charge < -0.3 is 19.5 Å². The maximum Gasteiger partial charge on any atom is 0.221 e. The van der Waals surface area contributed by atoms with Gasteiger partial charge in [0.1, 0.15) is 5.82 Å². The van der Waals surface area contributed by atoms with Crippen molar-refractivity contribution in [3.8, 4) is 11.4 Å². The highest BCUT2D eigenvalue weighted by Gasteiger charge is 2.35. The van der Waals surface area contributed by atoms with E-state index in [0.29, 0.717) is 0 Å². The van der Waals surface area contributed by atoms with Gasteiger partial charge in [-0.15, -0.1) is 0 Å². The van der Waals surface area contributed by atoms with Crippen molar-refractivity contribution in [1.29, 1.82) is 0 Å². The van der Waals surface area contributed by atoms with Crippen LogP contribution >= 0.6 is 0 Å². The van der Waals surface area contributed by atoms with Crippen LogP contribution in [0.4, 0.5) is 5.69 Å². The van der Waals surface area contributed by atoms with Gasteiger partial charge in [0.2, 0.25) is 5.91 Å². The third-order valence-electron chi connectivity index (χ3n) is 5.02. The lowest BCUT2D eigenvalue weighted by molar-refractivity contribution is -0.114. The molecular weight excluding hydrogens is 316 g/mol. The number of likely N-dealkylation sites (N-methyl/N-ethyl adjacent to an activating group) is 1. The van der Waals surface area contributed by atoms with E-state index in [0.717, 1.165) is 49.7 Å². The van der Waals surface area contributed by atoms with Crippen LogP contribution in [0.1, 0.15) is 19.8 Å². The van der Waals surface area contributed by atoms with Crippen LogP contribution in [-0.4, -0.2) is 53.2 Å². The molecule has 0 aliphatic carbocycles. The van der Waals surface area contributed by atoms with Gasteiger partial charge in [0, 0.05) is 55.9 Å². The SMILES string of the molecule is CC(=O)Nc1ccc(-c2nccn2CC2(N(C)C)CCOCC2)cc1. The molecule has 1 fully saturated rings. The van der Waals surface area contributed by atoms with Crippen molar-refractivity contribution < 1.29 is 9.53 Å². The van der Waals surface area contributed by atoms with Crippen LogP contribution in [0.15, 0.2) is 36.7 Å². The summed E-state index contributed by atoms with van der Waals surface area (Å²) >= 11 is 0. The summed E-state index contributed by atoms with van der Waals surface area (Å²) in [5.41, 5.74) is 1.92. The Kier molecular flexibility index (Phi) is 5.20. The molecule has 1 N–H and O–H groups in total. The minimum absolute atomic E-state index is 0.0679. The Morgan fingerprint density at radius 1 is 1.28 bits per heavy atom. The van der Waals surface area contributed by atoms with Gasteiger partial charge in [-0.25, -0.2) is 4.98 Å². The number of aromatic nitrogens is 2. The van der Waals surface area contributed by atoms with Gasteiger partial charge in [-0.2, -0.15) is 0 Å². The van der Waals surface area contributed by atoms with Crippen LogP contribution in [0.5, 0.6) is 0 Å². The van der Waals surface area contributed by atoms with E-state index in [1.807, 2.05) is 36.7 Å². The van der Waals surface area contributed by atoms with Crippen LogP contribution in [0.2, 0.25) is 0 Å². The Balaban J connectivity index is 1.83. The average molecular weight is 342 g/mol. The first-order chi connectivity index (χ1) is 12.0. The van der Waals surface area contributed by atoms with Gasteiger partial charge in [0.25, 0.3) is 0 Å². The van der Waals surface area contributed by atoms with E-state index in [2.05, 4.69) is 33.9 Å². The predicted molar refractivity (Wildman–Crippen MR) is 98.4 cm³/mol. The zero-order valence-corrected chi connectivity index (χ0v) is 15.2. The van der Waals surface area contributed by atoms with Gasteiger partial charge in [-0.05, 0) is 51.2 Å². The zero-order valence-electron chi connectivity index (χ0n) is 15.2. The third-order valence-corrected chi connectivity index (χ3v) is 5.02. The van der Waals surface area contributed by atoms with Gasteiger partial charge in [-0.3, -0.25) is 4.79 Å². The molecule has 0 bridgehead atoms. The number of ether oxygens (including phenoxy) is 1. The molecule has 25 heavy (non-hydrogen) atoms. The van der Waals surface area contributed by atoms with Crippen molar-refractivity contribution >= 4 is 11.6 Å². The predicted octanol–water partition coefficient (Wildman–Crippen LogP) is 2.62. The Hall–Kier alpha value is -2.18. The summed E-state index contributed by atoms with van der Waals surface area (Å²) in [4.78, 5) is 18.0. The molecule has 1 aliphatic heterocycles. The van der Waals surface area contributed by atoms with E-state index in [-0.39, 0.29) is 11.4 Å². The summed E-state index contributed by atoms with van der Waals surface area (Å²) in [6, 6.07) is 7.81. The minimum atomic E-state index is -0.0679. The van der Waals surface area contributed by atoms with E-state index in [9.17, 15) is 4.79 Å². The van der Waals surface area contributed by atoms with Crippen LogP contribution in [0, 0.1) is 0 Å². The number of carbonyl (C=O) groups excluding carboxylic acids is 1. The number of hydrogen-bond acceptors (Lipinski definition) is 4. The van der Waals surface area contributed by atoms with Crippen molar-refractivity contribution in [3.05, 3.63) is 36.7 Å². The maximum absolute atomic E-state index is 11.2. The smallest absolute Gasteiger partial charge is 0.221 e. The van der Waals surface area contributed by atoms with Crippen LogP contribution < -0.4 is 5.32 Å². The van der Waals surface area contributed by atoms with Gasteiger partial charge in [-0.1, -0.05) is 0 Å². The van der Waals surface area contributed by atoms with Crippen molar-refractivity contribution in [3.63, 3.8) is 0 Å². The first-order valence-corrected chi connectivity index (χ1v) is 8.64. The quantitative estimate of drug-likeness (QED) is 0.907. The van der Waals surface area contributed by atoms with Crippen molar-refractivity contribution in [2.45, 2.75) is 31.8 Å². The molecule has 134 valence electrons. The average Bonchev–Trinajstić information content (AvgIpc) is 3.03. The number of benzene rings is 1. The van der Waals surface area contributed by atoms with E-state index >= 15 is 0 Å². The lowest BCUT2D eigenvalue weighted by Gasteiger charge is -2.43. The summed E-state index contributed by atoms with van der Waals surface area (Å²) < 4.78 is 7.79. The monoisotopic (exact) mass is 342 g/mol. The molecule has 0 spiro atoms. The zero-order chi connectivity index (χ0) is 17.9. The largest absolute Gasteiger partial charge is 0.381 e. The summed E-state index contributed by atoms with van der Waals surface area (Å²) in [5, 5.41) is 2.79. The second kappa shape index (κ2) is 7.37. The van der Waals surface area contributed by atoms with Gasteiger partial charge in [0.15, 0.2) is 0 Å². The van der Waals surface area contributed by atoms with Crippen LogP contribution in [0.25, 0.3) is 11.4 Å². The number of hydrogen-bond donors (Lipinski definition) is 1. The molecule has 2 aromatic rings. The number of imidazole rings is 1. The fourth-order valence-corrected chi connectivity index (χ4v) is 3.42. The van der Waals surface area contributed by atoms with Crippen molar-refractivity contribution in [2.24, 2.45) is 0 Å². The Bertz CT molecular complexity index is 715. The number of carbonyl (C=O) groups is 1. The second-order valence-electron chi connectivity index (χ2n) is 6.87. The lowest BCUT2D eigenvalue weighted by atomic mass is 9.88. The molecule has 1 saturated heterocycles. The van der Waals surface area contributed by atoms with Crippen LogP contribution in [0.3, 0.4) is 0 Å². The van der Waals surface area contributed by atoms with E-state index in [4.69, 9.17) is 4.74 Å². The molecule has 0 atom stereocenters. The maximum atomic E-state index is 11.2. The second-order valence-corrected chi connectivity index (χ2v) is 6.87. The summed E-state index contributed by atoms with van der Waals surface area (Å²) in [6.07, 6.45) is 5.91. The molecule has 6 heteroatoms. The molecule has 1 aromatic heterocycles. The fraction of sp³-hybridized carbons (Fsp3) is 0.474. The molecule has 1 amide bonds. The topological polar surface area (TPSA) is 59.4 Å². The fourth-order valence-electron chi connectivity index (χ4n) is 3.42. The van der Waals surface area contributed by atoms with E-state index in [1.54, 1.807) is 0 Å². The van der Waals surface area contributed by atoms with Gasteiger partial charge >= 0.3 is 0 Å². The minimum Gasteiger partial charge on any atom is -0.381 e. The molecular formula is C19H26N4O2. The Morgan fingerprint density at radius 2 is 1.96 bits per heavy atom. The standard InChI is InChI=1S/C19H26N4O2/c1-15(24)21-17-6-4-16(5-7-17)18-20-10-11-23(18)14-19(22(2)3)8-12-25-13-9-19/h4-7,10-11H,8-9,12-14H2,1-3H3,(H,21,24). The molecule has 6 nitrogen and oxygen atoms in total. The van der Waals surface area contributed by atoms with Crippen molar-refractivity contribution in [2.75, 3.05) is 32.6 Å². The summed E-state index contributed by atoms with van der Waals surface area (Å²) in [6.45, 7) is 3.99. The molecule has 3 rings (SSSR count). The number of amides is 1. The molecule has 0 saturated carbocycles. The number of nitrogens with zero attached hydrogens (tertiary/aromatic N) is 3. The molecule has 1 aliphatic rings. The Morgan fingerprint density at radius 3 is 2.56 bits per heavy atom. The molecule has 2 heterocycles. The molecule has 1 aromatic carbocycles. The number of anilines is 1. The highest BCUT2D eigenvalue weighted by molar-refractivity contribution is 5.88. The first kappa shape index (κ1) is 17.6. The first-order valence-electron chi connectivity index (χ1n) is 8.64. The number of rotatable bonds is 5. The summed E-state index contributed by atoms with van der Waals surface area (Å²) in [7, 11) is 4.29. The molecule has 0 unspecified atom stereocenters. The highest BCUT2D eigenvalue weighted by atomic mass is 16.5. The normalized spacial score (nSPS) is 16.8. The van der Waals surface area contributed by atoms with Crippen molar-refractivity contribution in [1.82, 2.24) is 14.5 Å². The van der Waals surface area contributed by atoms with Crippen LogP contribution in [-0.2, 0) is 16.1 Å². The summed E-state index contributed by atoms with van der Waals surface area (Å²) in [5.74, 6) is 0.879. The highest BCUT2D eigenvalue weighted by Crippen LogP contribution is 2.30. The van der Waals surface area contributed by atoms with E-state index in [1.165, 1.54) is 6.92 Å².